The number of nitrogens with zero attached hydrogens (tertiary/aromatic N) is 2. The van der Waals surface area contributed by atoms with Gasteiger partial charge < -0.3 is 15.5 Å². The van der Waals surface area contributed by atoms with Gasteiger partial charge in [-0.25, -0.2) is 4.79 Å². The van der Waals surface area contributed by atoms with Gasteiger partial charge in [-0.3, -0.25) is 9.78 Å². The lowest BCUT2D eigenvalue weighted by Gasteiger charge is -2.33. The van der Waals surface area contributed by atoms with Crippen LogP contribution in [-0.4, -0.2) is 34.4 Å². The summed E-state index contributed by atoms with van der Waals surface area (Å²) < 4.78 is 0. The van der Waals surface area contributed by atoms with Crippen molar-refractivity contribution in [1.82, 2.24) is 15.2 Å². The predicted octanol–water partition coefficient (Wildman–Crippen LogP) is 3.73. The highest BCUT2D eigenvalue weighted by atomic mass is 16.2. The first-order valence-electron chi connectivity index (χ1n) is 9.41. The number of likely N-dealkylation sites (tertiary alicyclic amines) is 1. The molecule has 0 saturated carbocycles. The molecule has 2 aromatic rings. The lowest BCUT2D eigenvalue weighted by Crippen LogP contribution is -2.42. The fourth-order valence-electron chi connectivity index (χ4n) is 3.31. The number of rotatable bonds is 4. The van der Waals surface area contributed by atoms with E-state index in [-0.39, 0.29) is 18.0 Å². The minimum Gasteiger partial charge on any atom is -0.336 e. The Morgan fingerprint density at radius 2 is 1.93 bits per heavy atom. The van der Waals surface area contributed by atoms with E-state index in [2.05, 4.69) is 22.5 Å². The maximum absolute atomic E-state index is 12.6. The molecule has 0 aliphatic carbocycles. The van der Waals surface area contributed by atoms with Gasteiger partial charge in [-0.2, -0.15) is 0 Å². The number of urea groups is 1. The third kappa shape index (κ3) is 5.06. The highest BCUT2D eigenvalue weighted by molar-refractivity contribution is 5.95. The summed E-state index contributed by atoms with van der Waals surface area (Å²) in [5.41, 5.74) is 3.02. The van der Waals surface area contributed by atoms with Crippen LogP contribution in [0.15, 0.2) is 42.5 Å². The number of hydrogen-bond donors (Lipinski definition) is 2. The molecule has 1 unspecified atom stereocenters. The van der Waals surface area contributed by atoms with Gasteiger partial charge in [-0.1, -0.05) is 6.07 Å². The highest BCUT2D eigenvalue weighted by Crippen LogP contribution is 2.20. The number of hydrogen-bond acceptors (Lipinski definition) is 3. The molecule has 1 aromatic carbocycles. The first-order valence-corrected chi connectivity index (χ1v) is 9.41. The summed E-state index contributed by atoms with van der Waals surface area (Å²) in [5.74, 6) is 0.0590. The monoisotopic (exact) mass is 366 g/mol. The number of aromatic nitrogens is 1. The molecule has 27 heavy (non-hydrogen) atoms. The van der Waals surface area contributed by atoms with Crippen molar-refractivity contribution in [2.75, 3.05) is 11.9 Å². The van der Waals surface area contributed by atoms with Crippen LogP contribution >= 0.6 is 0 Å². The number of benzene rings is 1. The second-order valence-corrected chi connectivity index (χ2v) is 7.00. The van der Waals surface area contributed by atoms with E-state index in [0.717, 1.165) is 30.8 Å². The van der Waals surface area contributed by atoms with Crippen LogP contribution in [0.3, 0.4) is 0 Å². The Balaban J connectivity index is 1.54. The van der Waals surface area contributed by atoms with Crippen LogP contribution in [-0.2, 0) is 6.54 Å². The number of aryl methyl sites for hydroxylation is 1. The normalized spacial score (nSPS) is 16.7. The van der Waals surface area contributed by atoms with Crippen LogP contribution in [0.2, 0.25) is 0 Å². The standard InChI is InChI=1S/C21H26N4O2/c1-15-6-5-8-19(23-15)14-22-21(27)24-18-11-9-17(10-12-18)20(26)25-13-4-3-7-16(25)2/h5-6,8-12,16H,3-4,7,13-14H2,1-2H3,(H2,22,24,27). The van der Waals surface area contributed by atoms with Gasteiger partial charge in [0.05, 0.1) is 12.2 Å². The zero-order valence-electron chi connectivity index (χ0n) is 15.9. The fourth-order valence-corrected chi connectivity index (χ4v) is 3.31. The summed E-state index contributed by atoms with van der Waals surface area (Å²) in [6.45, 7) is 5.18. The molecule has 6 nitrogen and oxygen atoms in total. The number of carbonyl (C=O) groups excluding carboxylic acids is 2. The lowest BCUT2D eigenvalue weighted by molar-refractivity contribution is 0.0635. The van der Waals surface area contributed by atoms with E-state index >= 15 is 0 Å². The SMILES string of the molecule is Cc1cccc(CNC(=O)Nc2ccc(C(=O)N3CCCCC3C)cc2)n1. The third-order valence-electron chi connectivity index (χ3n) is 4.83. The Morgan fingerprint density at radius 3 is 2.63 bits per heavy atom. The molecule has 1 aliphatic rings. The molecule has 1 aliphatic heterocycles. The van der Waals surface area contributed by atoms with Crippen LogP contribution in [0.4, 0.5) is 10.5 Å². The molecule has 1 atom stereocenters. The van der Waals surface area contributed by atoms with Crippen LogP contribution in [0.25, 0.3) is 0 Å². The zero-order chi connectivity index (χ0) is 19.2. The minimum atomic E-state index is -0.304. The van der Waals surface area contributed by atoms with E-state index in [1.54, 1.807) is 24.3 Å². The first-order chi connectivity index (χ1) is 13.0. The van der Waals surface area contributed by atoms with Crippen LogP contribution in [0, 0.1) is 6.92 Å². The maximum atomic E-state index is 12.6. The molecule has 1 saturated heterocycles. The van der Waals surface area contributed by atoms with Gasteiger partial charge >= 0.3 is 6.03 Å². The quantitative estimate of drug-likeness (QED) is 0.866. The summed E-state index contributed by atoms with van der Waals surface area (Å²) >= 11 is 0. The van der Waals surface area contributed by atoms with Crippen molar-refractivity contribution >= 4 is 17.6 Å². The van der Waals surface area contributed by atoms with Gasteiger partial charge in [-0.15, -0.1) is 0 Å². The molecule has 2 heterocycles. The van der Waals surface area contributed by atoms with Crippen molar-refractivity contribution in [2.24, 2.45) is 0 Å². The van der Waals surface area contributed by atoms with Gasteiger partial charge in [0.2, 0.25) is 0 Å². The Labute approximate surface area is 160 Å². The predicted molar refractivity (Wildman–Crippen MR) is 106 cm³/mol. The molecular weight excluding hydrogens is 340 g/mol. The molecule has 3 amide bonds. The smallest absolute Gasteiger partial charge is 0.319 e. The number of pyridine rings is 1. The number of anilines is 1. The van der Waals surface area contributed by atoms with E-state index in [1.807, 2.05) is 30.0 Å². The largest absolute Gasteiger partial charge is 0.336 e. The van der Waals surface area contributed by atoms with Crippen molar-refractivity contribution in [3.05, 3.63) is 59.4 Å². The number of amides is 3. The average Bonchev–Trinajstić information content (AvgIpc) is 2.67. The Morgan fingerprint density at radius 1 is 1.15 bits per heavy atom. The molecule has 142 valence electrons. The number of carbonyl (C=O) groups is 2. The van der Waals surface area contributed by atoms with Crippen molar-refractivity contribution in [3.63, 3.8) is 0 Å². The van der Waals surface area contributed by atoms with E-state index < -0.39 is 0 Å². The summed E-state index contributed by atoms with van der Waals surface area (Å²) in [4.78, 5) is 31.0. The molecule has 6 heteroatoms. The molecule has 0 bridgehead atoms. The highest BCUT2D eigenvalue weighted by Gasteiger charge is 2.24. The van der Waals surface area contributed by atoms with E-state index in [0.29, 0.717) is 17.8 Å². The molecule has 1 aromatic heterocycles. The van der Waals surface area contributed by atoms with Crippen LogP contribution < -0.4 is 10.6 Å². The van der Waals surface area contributed by atoms with Gasteiger partial charge in [0, 0.05) is 29.5 Å². The molecular formula is C21H26N4O2. The second-order valence-electron chi connectivity index (χ2n) is 7.00. The molecule has 0 spiro atoms. The van der Waals surface area contributed by atoms with E-state index in [9.17, 15) is 9.59 Å². The third-order valence-corrected chi connectivity index (χ3v) is 4.83. The van der Waals surface area contributed by atoms with Gasteiger partial charge in [0.25, 0.3) is 5.91 Å². The summed E-state index contributed by atoms with van der Waals surface area (Å²) in [7, 11) is 0. The zero-order valence-corrected chi connectivity index (χ0v) is 15.9. The first kappa shape index (κ1) is 18.9. The maximum Gasteiger partial charge on any atom is 0.319 e. The molecule has 2 N–H and O–H groups in total. The van der Waals surface area contributed by atoms with Crippen molar-refractivity contribution in [2.45, 2.75) is 45.7 Å². The molecule has 3 rings (SSSR count). The Bertz CT molecular complexity index is 804. The Kier molecular flexibility index (Phi) is 6.06. The van der Waals surface area contributed by atoms with Gasteiger partial charge in [0.15, 0.2) is 0 Å². The Hall–Kier alpha value is -2.89. The van der Waals surface area contributed by atoms with E-state index in [1.165, 1.54) is 6.42 Å². The van der Waals surface area contributed by atoms with Crippen molar-refractivity contribution < 1.29 is 9.59 Å². The van der Waals surface area contributed by atoms with Gasteiger partial charge in [-0.05, 0) is 69.5 Å². The number of piperidine rings is 1. The van der Waals surface area contributed by atoms with Crippen molar-refractivity contribution in [3.8, 4) is 0 Å². The summed E-state index contributed by atoms with van der Waals surface area (Å²) in [5, 5.41) is 5.56. The molecule has 0 radical (unpaired) electrons. The van der Waals surface area contributed by atoms with Crippen molar-refractivity contribution in [1.29, 1.82) is 0 Å². The summed E-state index contributed by atoms with van der Waals surface area (Å²) in [6.07, 6.45) is 3.30. The molecule has 1 fully saturated rings. The lowest BCUT2D eigenvalue weighted by atomic mass is 10.0. The van der Waals surface area contributed by atoms with E-state index in [4.69, 9.17) is 0 Å². The second kappa shape index (κ2) is 8.66. The van der Waals surface area contributed by atoms with Gasteiger partial charge in [0.1, 0.15) is 0 Å². The average molecular weight is 366 g/mol. The topological polar surface area (TPSA) is 74.3 Å². The number of nitrogens with one attached hydrogen (secondary N) is 2. The van der Waals surface area contributed by atoms with Crippen LogP contribution in [0.1, 0.15) is 47.9 Å². The fraction of sp³-hybridized carbons (Fsp3) is 0.381. The minimum absolute atomic E-state index is 0.0590. The summed E-state index contributed by atoms with van der Waals surface area (Å²) in [6, 6.07) is 12.7. The van der Waals surface area contributed by atoms with Crippen LogP contribution in [0.5, 0.6) is 0 Å².